The Kier molecular flexibility index (Phi) is 6.84. The minimum absolute atomic E-state index is 0.168. The summed E-state index contributed by atoms with van der Waals surface area (Å²) in [7, 11) is 0. The molecule has 2 amide bonds. The largest absolute Gasteiger partial charge is 0.491 e. The highest BCUT2D eigenvalue weighted by molar-refractivity contribution is 5.99. The number of carbonyl (C=O) groups is 3. The number of carbonyl (C=O) groups excluding carboxylic acids is 3. The second kappa shape index (κ2) is 9.73. The van der Waals surface area contributed by atoms with Gasteiger partial charge in [0.15, 0.2) is 6.61 Å². The van der Waals surface area contributed by atoms with Gasteiger partial charge in [0.1, 0.15) is 12.3 Å². The molecular formula is C22H24N2O5. The SMILES string of the molecule is CCN(Cc1ccccc1)C(=O)COC(=O)CN1C(=O)CCOc2ccccc21. The summed E-state index contributed by atoms with van der Waals surface area (Å²) in [4.78, 5) is 40.1. The molecule has 0 unspecified atom stereocenters. The van der Waals surface area contributed by atoms with Crippen molar-refractivity contribution in [2.45, 2.75) is 19.9 Å². The standard InChI is InChI=1S/C22H24N2O5/c1-2-23(14-17-8-4-3-5-9-17)21(26)16-29-22(27)15-24-18-10-6-7-11-19(18)28-13-12-20(24)25/h3-11H,2,12-16H2,1H3. The van der Waals surface area contributed by atoms with Crippen molar-refractivity contribution in [3.05, 3.63) is 60.2 Å². The molecule has 2 aromatic carbocycles. The van der Waals surface area contributed by atoms with Gasteiger partial charge in [-0.25, -0.2) is 0 Å². The van der Waals surface area contributed by atoms with Crippen molar-refractivity contribution in [3.8, 4) is 5.75 Å². The number of hydrogen-bond acceptors (Lipinski definition) is 5. The van der Waals surface area contributed by atoms with E-state index in [1.165, 1.54) is 4.90 Å². The monoisotopic (exact) mass is 396 g/mol. The Morgan fingerprint density at radius 3 is 2.59 bits per heavy atom. The van der Waals surface area contributed by atoms with Crippen LogP contribution < -0.4 is 9.64 Å². The lowest BCUT2D eigenvalue weighted by Crippen LogP contribution is -2.38. The van der Waals surface area contributed by atoms with E-state index in [4.69, 9.17) is 9.47 Å². The lowest BCUT2D eigenvalue weighted by molar-refractivity contribution is -0.151. The maximum absolute atomic E-state index is 12.4. The van der Waals surface area contributed by atoms with Gasteiger partial charge in [-0.05, 0) is 24.6 Å². The van der Waals surface area contributed by atoms with Gasteiger partial charge < -0.3 is 14.4 Å². The Morgan fingerprint density at radius 1 is 1.10 bits per heavy atom. The highest BCUT2D eigenvalue weighted by atomic mass is 16.5. The van der Waals surface area contributed by atoms with Gasteiger partial charge in [-0.3, -0.25) is 19.3 Å². The second-order valence-electron chi connectivity index (χ2n) is 6.60. The van der Waals surface area contributed by atoms with Crippen LogP contribution in [0.15, 0.2) is 54.6 Å². The molecule has 0 N–H and O–H groups in total. The van der Waals surface area contributed by atoms with E-state index in [1.807, 2.05) is 37.3 Å². The summed E-state index contributed by atoms with van der Waals surface area (Å²) in [5.41, 5.74) is 1.53. The summed E-state index contributed by atoms with van der Waals surface area (Å²) in [6.45, 7) is 2.45. The van der Waals surface area contributed by atoms with E-state index in [0.717, 1.165) is 5.56 Å². The summed E-state index contributed by atoms with van der Waals surface area (Å²) in [6.07, 6.45) is 0.168. The zero-order valence-corrected chi connectivity index (χ0v) is 16.4. The lowest BCUT2D eigenvalue weighted by Gasteiger charge is -2.22. The highest BCUT2D eigenvalue weighted by Gasteiger charge is 2.26. The molecule has 29 heavy (non-hydrogen) atoms. The maximum atomic E-state index is 12.4. The van der Waals surface area contributed by atoms with Gasteiger partial charge in [-0.1, -0.05) is 42.5 Å². The Hall–Kier alpha value is -3.35. The summed E-state index contributed by atoms with van der Waals surface area (Å²) in [6, 6.07) is 16.6. The maximum Gasteiger partial charge on any atom is 0.326 e. The number of rotatable bonds is 7. The van der Waals surface area contributed by atoms with Gasteiger partial charge >= 0.3 is 5.97 Å². The van der Waals surface area contributed by atoms with Crippen LogP contribution in [-0.2, 0) is 25.7 Å². The molecule has 0 atom stereocenters. The number of esters is 1. The molecule has 0 radical (unpaired) electrons. The molecule has 0 saturated carbocycles. The highest BCUT2D eigenvalue weighted by Crippen LogP contribution is 2.30. The number of benzene rings is 2. The predicted molar refractivity (Wildman–Crippen MR) is 107 cm³/mol. The van der Waals surface area contributed by atoms with Gasteiger partial charge in [0.05, 0.1) is 18.7 Å². The molecule has 0 bridgehead atoms. The van der Waals surface area contributed by atoms with Crippen LogP contribution in [0.2, 0.25) is 0 Å². The third kappa shape index (κ3) is 5.34. The minimum Gasteiger partial charge on any atom is -0.491 e. The third-order valence-electron chi connectivity index (χ3n) is 4.63. The molecule has 7 heteroatoms. The van der Waals surface area contributed by atoms with Crippen LogP contribution in [-0.4, -0.2) is 49.0 Å². The first kappa shape index (κ1) is 20.4. The number of amides is 2. The molecular weight excluding hydrogens is 372 g/mol. The van der Waals surface area contributed by atoms with Crippen LogP contribution >= 0.6 is 0 Å². The number of likely N-dealkylation sites (N-methyl/N-ethyl adjacent to an activating group) is 1. The average Bonchev–Trinajstić information content (AvgIpc) is 2.90. The van der Waals surface area contributed by atoms with Gasteiger partial charge in [0, 0.05) is 13.1 Å². The molecule has 0 fully saturated rings. The molecule has 1 aliphatic rings. The Balaban J connectivity index is 1.57. The number of ether oxygens (including phenoxy) is 2. The molecule has 0 aliphatic carbocycles. The van der Waals surface area contributed by atoms with Gasteiger partial charge in [0.2, 0.25) is 5.91 Å². The van der Waals surface area contributed by atoms with E-state index in [1.54, 1.807) is 29.2 Å². The van der Waals surface area contributed by atoms with E-state index in [9.17, 15) is 14.4 Å². The van der Waals surface area contributed by atoms with Crippen LogP contribution in [0.4, 0.5) is 5.69 Å². The molecule has 1 heterocycles. The minimum atomic E-state index is -0.640. The van der Waals surface area contributed by atoms with Gasteiger partial charge in [-0.2, -0.15) is 0 Å². The number of nitrogens with zero attached hydrogens (tertiary/aromatic N) is 2. The van der Waals surface area contributed by atoms with Crippen molar-refractivity contribution in [1.82, 2.24) is 4.90 Å². The second-order valence-corrected chi connectivity index (χ2v) is 6.60. The molecule has 152 valence electrons. The fourth-order valence-corrected chi connectivity index (χ4v) is 3.08. The number of fused-ring (bicyclic) bond motifs is 1. The molecule has 0 aromatic heterocycles. The van der Waals surface area contributed by atoms with Crippen LogP contribution in [0, 0.1) is 0 Å². The third-order valence-corrected chi connectivity index (χ3v) is 4.63. The Bertz CT molecular complexity index is 869. The number of para-hydroxylation sites is 2. The summed E-state index contributed by atoms with van der Waals surface area (Å²) >= 11 is 0. The van der Waals surface area contributed by atoms with E-state index in [-0.39, 0.29) is 38.0 Å². The first-order chi connectivity index (χ1) is 14.1. The number of anilines is 1. The average molecular weight is 396 g/mol. The van der Waals surface area contributed by atoms with E-state index < -0.39 is 5.97 Å². The van der Waals surface area contributed by atoms with Crippen molar-refractivity contribution in [1.29, 1.82) is 0 Å². The van der Waals surface area contributed by atoms with Crippen molar-refractivity contribution in [3.63, 3.8) is 0 Å². The molecule has 0 saturated heterocycles. The summed E-state index contributed by atoms with van der Waals surface area (Å²) < 4.78 is 10.7. The van der Waals surface area contributed by atoms with Crippen molar-refractivity contribution in [2.24, 2.45) is 0 Å². The summed E-state index contributed by atoms with van der Waals surface area (Å²) in [5, 5.41) is 0. The van der Waals surface area contributed by atoms with Gasteiger partial charge in [0.25, 0.3) is 5.91 Å². The first-order valence-electron chi connectivity index (χ1n) is 9.58. The van der Waals surface area contributed by atoms with Crippen LogP contribution in [0.5, 0.6) is 5.75 Å². The quantitative estimate of drug-likeness (QED) is 0.672. The lowest BCUT2D eigenvalue weighted by atomic mass is 10.2. The molecule has 3 rings (SSSR count). The molecule has 7 nitrogen and oxygen atoms in total. The topological polar surface area (TPSA) is 76.2 Å². The zero-order valence-electron chi connectivity index (χ0n) is 16.4. The van der Waals surface area contributed by atoms with Crippen LogP contribution in [0.3, 0.4) is 0 Å². The normalized spacial score (nSPS) is 13.1. The van der Waals surface area contributed by atoms with Crippen molar-refractivity contribution in [2.75, 3.05) is 31.2 Å². The summed E-state index contributed by atoms with van der Waals surface area (Å²) in [5.74, 6) is -0.602. The van der Waals surface area contributed by atoms with Gasteiger partial charge in [-0.15, -0.1) is 0 Å². The molecule has 2 aromatic rings. The number of hydrogen-bond donors (Lipinski definition) is 0. The zero-order chi connectivity index (χ0) is 20.6. The fraction of sp³-hybridized carbons (Fsp3) is 0.318. The fourth-order valence-electron chi connectivity index (χ4n) is 3.08. The van der Waals surface area contributed by atoms with Crippen LogP contribution in [0.1, 0.15) is 18.9 Å². The van der Waals surface area contributed by atoms with E-state index >= 15 is 0 Å². The van der Waals surface area contributed by atoms with Crippen molar-refractivity contribution >= 4 is 23.5 Å². The van der Waals surface area contributed by atoms with E-state index in [2.05, 4.69) is 0 Å². The first-order valence-corrected chi connectivity index (χ1v) is 9.58. The predicted octanol–water partition coefficient (Wildman–Crippen LogP) is 2.39. The van der Waals surface area contributed by atoms with Crippen molar-refractivity contribution < 1.29 is 23.9 Å². The molecule has 1 aliphatic heterocycles. The Morgan fingerprint density at radius 2 is 1.83 bits per heavy atom. The van der Waals surface area contributed by atoms with E-state index in [0.29, 0.717) is 24.5 Å². The smallest absolute Gasteiger partial charge is 0.326 e. The Labute approximate surface area is 169 Å². The molecule has 0 spiro atoms. The van der Waals surface area contributed by atoms with Crippen LogP contribution in [0.25, 0.3) is 0 Å².